The van der Waals surface area contributed by atoms with Crippen LogP contribution in [0.1, 0.15) is 117 Å². The van der Waals surface area contributed by atoms with E-state index in [0.717, 1.165) is 22.1 Å². The Morgan fingerprint density at radius 2 is 0.719 bits per heavy atom. The number of nitrogens with zero attached hydrogens (tertiary/aromatic N) is 2. The van der Waals surface area contributed by atoms with Gasteiger partial charge in [-0.05, 0) is 25.7 Å². The second kappa shape index (κ2) is 23.6. The third-order valence-electron chi connectivity index (χ3n) is 6.64. The van der Waals surface area contributed by atoms with Gasteiger partial charge in [-0.3, -0.25) is 0 Å². The molecule has 0 aliphatic rings. The molecule has 32 heavy (non-hydrogen) atoms. The van der Waals surface area contributed by atoms with Crippen LogP contribution in [0.15, 0.2) is 0 Å². The first-order valence-electron chi connectivity index (χ1n) is 13.5. The smallest absolute Gasteiger partial charge is 0.152 e. The average molecular weight is 589 g/mol. The second-order valence-electron chi connectivity index (χ2n) is 11.3. The van der Waals surface area contributed by atoms with E-state index >= 15 is 0 Å². The van der Waals surface area contributed by atoms with Crippen LogP contribution in [0.2, 0.25) is 0 Å². The summed E-state index contributed by atoms with van der Waals surface area (Å²) in [6, 6.07) is 0. The predicted octanol–water partition coefficient (Wildman–Crippen LogP) is 0.790. The molecule has 0 bridgehead atoms. The lowest BCUT2D eigenvalue weighted by molar-refractivity contribution is -0.914. The highest BCUT2D eigenvalue weighted by molar-refractivity contribution is 4.55. The molecule has 0 amide bonds. The first-order chi connectivity index (χ1) is 14.2. The molecule has 0 aromatic heterocycles. The Labute approximate surface area is 224 Å². The average Bonchev–Trinajstić information content (AvgIpc) is 2.65. The minimum absolute atomic E-state index is 0. The molecular formula is C27H60Br2N2O. The molecule has 0 atom stereocenters. The van der Waals surface area contributed by atoms with Gasteiger partial charge >= 0.3 is 0 Å². The summed E-state index contributed by atoms with van der Waals surface area (Å²) in [7, 11) is 9.18. The van der Waals surface area contributed by atoms with Crippen LogP contribution in [0.4, 0.5) is 0 Å². The Bertz CT molecular complexity index is 345. The summed E-state index contributed by atoms with van der Waals surface area (Å²) >= 11 is 0. The van der Waals surface area contributed by atoms with Gasteiger partial charge in [0.05, 0.1) is 41.3 Å². The standard InChI is InChI=1S/C27H60N2O.2BrH/c1-7-9-11-13-15-17-19-21-23-28(3,4)25-27(30)26-29(5,6)24-22-20-18-16-14-12-10-8-2;;/h27,30H,7-26H2,1-6H3;2*1H/q+2;;/p-2. The van der Waals surface area contributed by atoms with Crippen molar-refractivity contribution in [3.05, 3.63) is 0 Å². The molecule has 0 aliphatic carbocycles. The van der Waals surface area contributed by atoms with E-state index in [2.05, 4.69) is 42.0 Å². The molecule has 0 unspecified atom stereocenters. The van der Waals surface area contributed by atoms with E-state index < -0.39 is 0 Å². The van der Waals surface area contributed by atoms with Gasteiger partial charge in [-0.25, -0.2) is 0 Å². The Morgan fingerprint density at radius 1 is 0.469 bits per heavy atom. The van der Waals surface area contributed by atoms with Gasteiger partial charge in [0.15, 0.2) is 6.10 Å². The molecule has 3 nitrogen and oxygen atoms in total. The van der Waals surface area contributed by atoms with Crippen molar-refractivity contribution in [1.29, 1.82) is 0 Å². The topological polar surface area (TPSA) is 20.2 Å². The molecule has 0 aromatic carbocycles. The fourth-order valence-corrected chi connectivity index (χ4v) is 4.73. The first-order valence-corrected chi connectivity index (χ1v) is 13.5. The van der Waals surface area contributed by atoms with Crippen molar-refractivity contribution in [2.45, 2.75) is 123 Å². The number of unbranched alkanes of at least 4 members (excludes halogenated alkanes) is 14. The third-order valence-corrected chi connectivity index (χ3v) is 6.64. The van der Waals surface area contributed by atoms with Gasteiger partial charge in [0.25, 0.3) is 0 Å². The van der Waals surface area contributed by atoms with E-state index in [-0.39, 0.29) is 40.1 Å². The monoisotopic (exact) mass is 586 g/mol. The summed E-state index contributed by atoms with van der Waals surface area (Å²) in [6.45, 7) is 8.72. The zero-order valence-electron chi connectivity index (χ0n) is 22.8. The highest BCUT2D eigenvalue weighted by Gasteiger charge is 2.26. The predicted molar refractivity (Wildman–Crippen MR) is 135 cm³/mol. The number of rotatable bonds is 22. The number of likely N-dealkylation sites (N-methyl/N-ethyl adjacent to an activating group) is 2. The van der Waals surface area contributed by atoms with Crippen LogP contribution in [-0.2, 0) is 0 Å². The minimum Gasteiger partial charge on any atom is -1.00 e. The van der Waals surface area contributed by atoms with Gasteiger partial charge in [0.1, 0.15) is 13.1 Å². The molecule has 0 spiro atoms. The van der Waals surface area contributed by atoms with E-state index in [1.807, 2.05) is 0 Å². The Kier molecular flexibility index (Phi) is 27.5. The van der Waals surface area contributed by atoms with Crippen LogP contribution < -0.4 is 34.0 Å². The fraction of sp³-hybridized carbons (Fsp3) is 1.00. The molecule has 198 valence electrons. The Balaban J connectivity index is -0.00000420. The number of aliphatic hydroxyl groups excluding tert-OH is 1. The van der Waals surface area contributed by atoms with Crippen molar-refractivity contribution in [3.8, 4) is 0 Å². The van der Waals surface area contributed by atoms with Gasteiger partial charge in [-0.1, -0.05) is 90.9 Å². The highest BCUT2D eigenvalue weighted by Crippen LogP contribution is 2.13. The van der Waals surface area contributed by atoms with Crippen LogP contribution in [0, 0.1) is 0 Å². The van der Waals surface area contributed by atoms with Crippen molar-refractivity contribution in [3.63, 3.8) is 0 Å². The van der Waals surface area contributed by atoms with Crippen LogP contribution >= 0.6 is 0 Å². The zero-order valence-corrected chi connectivity index (χ0v) is 26.0. The molecule has 1 N–H and O–H groups in total. The van der Waals surface area contributed by atoms with E-state index in [1.165, 1.54) is 116 Å². The maximum absolute atomic E-state index is 10.7. The molecule has 0 heterocycles. The molecule has 0 rings (SSSR count). The van der Waals surface area contributed by atoms with Crippen molar-refractivity contribution in [2.24, 2.45) is 0 Å². The van der Waals surface area contributed by atoms with Crippen LogP contribution in [0.5, 0.6) is 0 Å². The van der Waals surface area contributed by atoms with Crippen molar-refractivity contribution >= 4 is 0 Å². The lowest BCUT2D eigenvalue weighted by Crippen LogP contribution is -3.00. The molecule has 0 saturated heterocycles. The van der Waals surface area contributed by atoms with Crippen molar-refractivity contribution in [1.82, 2.24) is 0 Å². The Morgan fingerprint density at radius 3 is 1.00 bits per heavy atom. The van der Waals surface area contributed by atoms with Gasteiger partial charge in [-0.2, -0.15) is 0 Å². The SMILES string of the molecule is CCCCCCCCCC[N+](C)(C)CC(O)C[N+](C)(C)CCCCCCCCCC.[Br-].[Br-]. The van der Waals surface area contributed by atoms with Gasteiger partial charge < -0.3 is 48.0 Å². The summed E-state index contributed by atoms with van der Waals surface area (Å²) in [4.78, 5) is 0. The quantitative estimate of drug-likeness (QED) is 0.147. The summed E-state index contributed by atoms with van der Waals surface area (Å²) < 4.78 is 1.91. The van der Waals surface area contributed by atoms with Gasteiger partial charge in [-0.15, -0.1) is 0 Å². The lowest BCUT2D eigenvalue weighted by atomic mass is 10.1. The molecule has 0 radical (unpaired) electrons. The zero-order chi connectivity index (χ0) is 22.7. The number of aliphatic hydroxyl groups is 1. The number of quaternary nitrogens is 2. The lowest BCUT2D eigenvalue weighted by Gasteiger charge is -2.36. The molecule has 5 heteroatoms. The summed E-state index contributed by atoms with van der Waals surface area (Å²) in [5.74, 6) is 0. The van der Waals surface area contributed by atoms with Gasteiger partial charge in [0, 0.05) is 0 Å². The maximum Gasteiger partial charge on any atom is 0.152 e. The minimum atomic E-state index is -0.196. The summed E-state index contributed by atoms with van der Waals surface area (Å²) in [6.07, 6.45) is 21.8. The van der Waals surface area contributed by atoms with E-state index in [9.17, 15) is 5.11 Å². The first kappa shape index (κ1) is 37.4. The van der Waals surface area contributed by atoms with E-state index in [0.29, 0.717) is 0 Å². The van der Waals surface area contributed by atoms with Crippen LogP contribution in [0.25, 0.3) is 0 Å². The molecular weight excluding hydrogens is 528 g/mol. The van der Waals surface area contributed by atoms with E-state index in [1.54, 1.807) is 0 Å². The molecule has 0 saturated carbocycles. The van der Waals surface area contributed by atoms with Crippen LogP contribution in [0.3, 0.4) is 0 Å². The highest BCUT2D eigenvalue weighted by atomic mass is 79.9. The maximum atomic E-state index is 10.7. The Hall–Kier alpha value is 0.840. The van der Waals surface area contributed by atoms with Crippen LogP contribution in [-0.4, -0.2) is 74.5 Å². The fourth-order valence-electron chi connectivity index (χ4n) is 4.73. The van der Waals surface area contributed by atoms with Crippen molar-refractivity contribution in [2.75, 3.05) is 54.4 Å². The van der Waals surface area contributed by atoms with Crippen molar-refractivity contribution < 1.29 is 48.0 Å². The third kappa shape index (κ3) is 25.5. The number of halogens is 2. The normalized spacial score (nSPS) is 12.0. The number of hydrogen-bond acceptors (Lipinski definition) is 1. The molecule has 0 fully saturated rings. The second-order valence-corrected chi connectivity index (χ2v) is 11.3. The number of hydrogen-bond donors (Lipinski definition) is 1. The van der Waals surface area contributed by atoms with E-state index in [4.69, 9.17) is 0 Å². The summed E-state index contributed by atoms with van der Waals surface area (Å²) in [5, 5.41) is 10.7. The molecule has 0 aromatic rings. The largest absolute Gasteiger partial charge is 1.00 e. The summed E-state index contributed by atoms with van der Waals surface area (Å²) in [5.41, 5.74) is 0. The van der Waals surface area contributed by atoms with Gasteiger partial charge in [0.2, 0.25) is 0 Å². The molecule has 0 aliphatic heterocycles.